The molecule has 3 rings (SSSR count). The SMILES string of the molecule is CCCCCCCCCCC(c1[nH]cc[n+]1CCCCCCC)C(C)(Cc1ccccc1)c1ccccc1. The molecule has 1 N–H and O–H groups in total. The van der Waals surface area contributed by atoms with Gasteiger partial charge in [0.2, 0.25) is 0 Å². The maximum atomic E-state index is 3.76. The molecule has 2 aromatic carbocycles. The molecule has 0 bridgehead atoms. The Morgan fingerprint density at radius 1 is 0.684 bits per heavy atom. The molecule has 208 valence electrons. The topological polar surface area (TPSA) is 19.7 Å². The van der Waals surface area contributed by atoms with Crippen LogP contribution in [0.2, 0.25) is 0 Å². The zero-order valence-electron chi connectivity index (χ0n) is 24.8. The molecule has 2 unspecified atom stereocenters. The molecule has 0 amide bonds. The van der Waals surface area contributed by atoms with E-state index < -0.39 is 0 Å². The summed E-state index contributed by atoms with van der Waals surface area (Å²) in [5, 5.41) is 0. The molecule has 2 nitrogen and oxygen atoms in total. The van der Waals surface area contributed by atoms with Crippen LogP contribution in [0.15, 0.2) is 73.1 Å². The molecule has 0 aliphatic heterocycles. The lowest BCUT2D eigenvalue weighted by Gasteiger charge is -2.37. The van der Waals surface area contributed by atoms with E-state index in [1.165, 1.54) is 107 Å². The number of nitrogens with one attached hydrogen (secondary N) is 1. The molecule has 0 saturated heterocycles. The van der Waals surface area contributed by atoms with Crippen molar-refractivity contribution < 1.29 is 4.57 Å². The third kappa shape index (κ3) is 9.44. The van der Waals surface area contributed by atoms with Crippen LogP contribution >= 0.6 is 0 Å². The van der Waals surface area contributed by atoms with Gasteiger partial charge < -0.3 is 0 Å². The van der Waals surface area contributed by atoms with Gasteiger partial charge in [-0.2, -0.15) is 0 Å². The predicted molar refractivity (Wildman–Crippen MR) is 164 cm³/mol. The maximum absolute atomic E-state index is 3.76. The van der Waals surface area contributed by atoms with Crippen molar-refractivity contribution in [3.63, 3.8) is 0 Å². The van der Waals surface area contributed by atoms with E-state index in [0.717, 1.165) is 13.0 Å². The second-order valence-corrected chi connectivity index (χ2v) is 11.7. The number of aryl methyl sites for hydroxylation is 1. The maximum Gasteiger partial charge on any atom is 0.258 e. The molecule has 0 saturated carbocycles. The Balaban J connectivity index is 1.83. The smallest absolute Gasteiger partial charge is 0.247 e. The van der Waals surface area contributed by atoms with Crippen LogP contribution in [-0.2, 0) is 18.4 Å². The van der Waals surface area contributed by atoms with E-state index in [9.17, 15) is 0 Å². The highest BCUT2D eigenvalue weighted by Crippen LogP contribution is 2.43. The minimum atomic E-state index is 0.0125. The fraction of sp³-hybridized carbons (Fsp3) is 0.583. The van der Waals surface area contributed by atoms with E-state index in [1.807, 2.05) is 0 Å². The average Bonchev–Trinajstić information content (AvgIpc) is 3.41. The van der Waals surface area contributed by atoms with E-state index in [0.29, 0.717) is 5.92 Å². The van der Waals surface area contributed by atoms with Gasteiger partial charge in [-0.3, -0.25) is 0 Å². The van der Waals surface area contributed by atoms with Gasteiger partial charge in [0, 0.05) is 5.41 Å². The van der Waals surface area contributed by atoms with Gasteiger partial charge in [0.1, 0.15) is 12.4 Å². The third-order valence-electron chi connectivity index (χ3n) is 8.59. The Kier molecular flexibility index (Phi) is 13.7. The number of aromatic amines is 1. The van der Waals surface area contributed by atoms with Crippen molar-refractivity contribution in [2.45, 2.75) is 135 Å². The summed E-state index contributed by atoms with van der Waals surface area (Å²) >= 11 is 0. The van der Waals surface area contributed by atoms with Crippen LogP contribution in [-0.4, -0.2) is 4.98 Å². The third-order valence-corrected chi connectivity index (χ3v) is 8.59. The van der Waals surface area contributed by atoms with Gasteiger partial charge in [-0.05, 0) is 36.8 Å². The molecule has 1 aromatic heterocycles. The number of aromatic nitrogens is 2. The summed E-state index contributed by atoms with van der Waals surface area (Å²) in [6.45, 7) is 8.24. The van der Waals surface area contributed by atoms with Crippen LogP contribution in [0.25, 0.3) is 0 Å². The van der Waals surface area contributed by atoms with Crippen LogP contribution in [0.4, 0.5) is 0 Å². The number of unbranched alkanes of at least 4 members (excludes halogenated alkanes) is 11. The highest BCUT2D eigenvalue weighted by molar-refractivity contribution is 5.32. The molecular formula is C36H55N2+. The Morgan fingerprint density at radius 3 is 1.87 bits per heavy atom. The number of hydrogen-bond donors (Lipinski definition) is 1. The van der Waals surface area contributed by atoms with Crippen molar-refractivity contribution in [2.75, 3.05) is 0 Å². The Labute approximate surface area is 234 Å². The van der Waals surface area contributed by atoms with E-state index in [-0.39, 0.29) is 5.41 Å². The second kappa shape index (κ2) is 17.3. The summed E-state index contributed by atoms with van der Waals surface area (Å²) < 4.78 is 2.55. The van der Waals surface area contributed by atoms with E-state index >= 15 is 0 Å². The van der Waals surface area contributed by atoms with Crippen molar-refractivity contribution in [3.8, 4) is 0 Å². The molecule has 0 spiro atoms. The van der Waals surface area contributed by atoms with Gasteiger partial charge in [-0.1, -0.05) is 152 Å². The molecular weight excluding hydrogens is 460 g/mol. The van der Waals surface area contributed by atoms with Crippen molar-refractivity contribution in [3.05, 3.63) is 90.0 Å². The summed E-state index contributed by atoms with van der Waals surface area (Å²) in [6.07, 6.45) is 24.3. The van der Waals surface area contributed by atoms with Crippen molar-refractivity contribution in [1.82, 2.24) is 4.98 Å². The molecule has 0 fully saturated rings. The van der Waals surface area contributed by atoms with E-state index in [1.54, 1.807) is 0 Å². The Morgan fingerprint density at radius 2 is 1.24 bits per heavy atom. The number of imidazole rings is 1. The number of rotatable bonds is 20. The standard InChI is InChI=1S/C36H54N2/c1-4-6-8-10-11-12-13-21-27-34(35-37-28-30-38(35)29-22-14-9-7-5-2)36(3,33-25-19-16-20-26-33)31-32-23-17-15-18-24-32/h15-20,23-26,28,30,34H,4-14,21-22,27,29,31H2,1-3H3/p+1. The first kappa shape index (κ1) is 30.2. The number of H-pyrrole nitrogens is 1. The van der Waals surface area contributed by atoms with E-state index in [2.05, 4.69) is 103 Å². The predicted octanol–water partition coefficient (Wildman–Crippen LogP) is 10.1. The van der Waals surface area contributed by atoms with Gasteiger partial charge in [0.05, 0.1) is 12.5 Å². The van der Waals surface area contributed by atoms with Crippen molar-refractivity contribution in [2.24, 2.45) is 0 Å². The van der Waals surface area contributed by atoms with Crippen LogP contribution < -0.4 is 4.57 Å². The Bertz CT molecular complexity index is 977. The zero-order chi connectivity index (χ0) is 26.9. The van der Waals surface area contributed by atoms with Crippen LogP contribution in [0.1, 0.15) is 134 Å². The highest BCUT2D eigenvalue weighted by atomic mass is 15.1. The average molecular weight is 516 g/mol. The second-order valence-electron chi connectivity index (χ2n) is 11.7. The van der Waals surface area contributed by atoms with Gasteiger partial charge in [0.25, 0.3) is 5.82 Å². The van der Waals surface area contributed by atoms with Gasteiger partial charge in [-0.25, -0.2) is 9.55 Å². The molecule has 2 heteroatoms. The van der Waals surface area contributed by atoms with Crippen LogP contribution in [0.5, 0.6) is 0 Å². The fourth-order valence-electron chi connectivity index (χ4n) is 6.26. The number of benzene rings is 2. The summed E-state index contributed by atoms with van der Waals surface area (Å²) in [7, 11) is 0. The zero-order valence-corrected chi connectivity index (χ0v) is 24.8. The highest BCUT2D eigenvalue weighted by Gasteiger charge is 2.41. The molecule has 2 atom stereocenters. The normalized spacial score (nSPS) is 13.9. The molecule has 1 heterocycles. The van der Waals surface area contributed by atoms with Gasteiger partial charge in [0.15, 0.2) is 0 Å². The largest absolute Gasteiger partial charge is 0.258 e. The first-order valence-corrected chi connectivity index (χ1v) is 15.8. The quantitative estimate of drug-likeness (QED) is 0.114. The molecule has 0 aliphatic carbocycles. The Hall–Kier alpha value is -2.35. The molecule has 38 heavy (non-hydrogen) atoms. The monoisotopic (exact) mass is 515 g/mol. The number of hydrogen-bond acceptors (Lipinski definition) is 0. The fourth-order valence-corrected chi connectivity index (χ4v) is 6.26. The van der Waals surface area contributed by atoms with Gasteiger partial charge in [-0.15, -0.1) is 0 Å². The molecule has 3 aromatic rings. The molecule has 0 aliphatic rings. The summed E-state index contributed by atoms with van der Waals surface area (Å²) in [4.78, 5) is 3.76. The summed E-state index contributed by atoms with van der Waals surface area (Å²) in [5.41, 5.74) is 2.90. The lowest BCUT2D eigenvalue weighted by atomic mass is 9.66. The number of nitrogens with zero attached hydrogens (tertiary/aromatic N) is 1. The van der Waals surface area contributed by atoms with Crippen LogP contribution in [0, 0.1) is 0 Å². The lowest BCUT2D eigenvalue weighted by molar-refractivity contribution is -0.705. The summed E-state index contributed by atoms with van der Waals surface area (Å²) in [6, 6.07) is 22.5. The van der Waals surface area contributed by atoms with Crippen molar-refractivity contribution in [1.29, 1.82) is 0 Å². The lowest BCUT2D eigenvalue weighted by Crippen LogP contribution is -2.43. The van der Waals surface area contributed by atoms with E-state index in [4.69, 9.17) is 0 Å². The first-order chi connectivity index (χ1) is 18.7. The summed E-state index contributed by atoms with van der Waals surface area (Å²) in [5.74, 6) is 1.86. The van der Waals surface area contributed by atoms with Crippen LogP contribution in [0.3, 0.4) is 0 Å². The van der Waals surface area contributed by atoms with Gasteiger partial charge >= 0.3 is 0 Å². The first-order valence-electron chi connectivity index (χ1n) is 15.8. The molecule has 0 radical (unpaired) electrons. The minimum Gasteiger partial charge on any atom is -0.247 e. The minimum absolute atomic E-state index is 0.0125. The van der Waals surface area contributed by atoms with Crippen molar-refractivity contribution >= 4 is 0 Å².